The van der Waals surface area contributed by atoms with Crippen LogP contribution in [0.2, 0.25) is 6.32 Å². The molecular weight excluding hydrogens is 355 g/mol. The van der Waals surface area contributed by atoms with Crippen molar-refractivity contribution < 1.29 is 0 Å². The summed E-state index contributed by atoms with van der Waals surface area (Å²) < 4.78 is 0.396. The van der Waals surface area contributed by atoms with Gasteiger partial charge in [-0.2, -0.15) is 0 Å². The van der Waals surface area contributed by atoms with Gasteiger partial charge in [-0.05, 0) is 47.9 Å². The van der Waals surface area contributed by atoms with Gasteiger partial charge in [0, 0.05) is 24.2 Å². The second-order valence-corrected chi connectivity index (χ2v) is 9.37. The SMILES string of the molecule is CC(C)N(CN(C(C)C)C(C)CB(Br)Br)C(C)C. The van der Waals surface area contributed by atoms with Gasteiger partial charge in [0.2, 0.25) is 0 Å². The molecule has 0 aliphatic carbocycles. The first-order valence-electron chi connectivity index (χ1n) is 6.96. The van der Waals surface area contributed by atoms with Crippen molar-refractivity contribution >= 4 is 35.9 Å². The van der Waals surface area contributed by atoms with Gasteiger partial charge in [0.15, 0.2) is 0 Å². The Kier molecular flexibility index (Phi) is 9.46. The fourth-order valence-corrected chi connectivity index (χ4v) is 3.40. The molecule has 0 aromatic heterocycles. The van der Waals surface area contributed by atoms with Crippen LogP contribution in [0.5, 0.6) is 0 Å². The zero-order chi connectivity index (χ0) is 14.5. The molecule has 1 atom stereocenters. The monoisotopic (exact) mass is 382 g/mol. The largest absolute Gasteiger partial charge is 0.300 e. The molecule has 108 valence electrons. The molecule has 0 aromatic carbocycles. The molecule has 0 fully saturated rings. The van der Waals surface area contributed by atoms with Gasteiger partial charge in [-0.25, -0.2) is 0 Å². The standard InChI is InChI=1S/C13H29BBr2N2/c1-10(2)17(11(3)4)9-18(12(5)6)13(7)8-14(15)16/h10-13H,8-9H2,1-7H3. The first-order valence-corrected chi connectivity index (χ1v) is 8.79. The van der Waals surface area contributed by atoms with Gasteiger partial charge in [0.25, 0.3) is 4.36 Å². The molecule has 18 heavy (non-hydrogen) atoms. The molecule has 2 nitrogen and oxygen atoms in total. The van der Waals surface area contributed by atoms with E-state index in [-0.39, 0.29) is 0 Å². The van der Waals surface area contributed by atoms with Crippen LogP contribution in [0.1, 0.15) is 48.5 Å². The Morgan fingerprint density at radius 3 is 1.44 bits per heavy atom. The van der Waals surface area contributed by atoms with Crippen LogP contribution in [-0.2, 0) is 0 Å². The first kappa shape index (κ1) is 18.9. The molecule has 0 heterocycles. The lowest BCUT2D eigenvalue weighted by molar-refractivity contribution is 0.0402. The predicted octanol–water partition coefficient (Wildman–Crippen LogP) is 4.44. The van der Waals surface area contributed by atoms with Crippen LogP contribution in [-0.4, -0.2) is 45.0 Å². The third-order valence-corrected chi connectivity index (χ3v) is 4.15. The fraction of sp³-hybridized carbons (Fsp3) is 1.00. The van der Waals surface area contributed by atoms with Crippen molar-refractivity contribution in [3.8, 4) is 0 Å². The van der Waals surface area contributed by atoms with Crippen molar-refractivity contribution in [2.45, 2.75) is 79.0 Å². The number of hydrogen-bond acceptors (Lipinski definition) is 2. The Hall–Kier alpha value is 0.945. The summed E-state index contributed by atoms with van der Waals surface area (Å²) in [7, 11) is 0. The zero-order valence-corrected chi connectivity index (χ0v) is 16.1. The molecule has 0 N–H and O–H groups in total. The van der Waals surface area contributed by atoms with E-state index in [1.165, 1.54) is 0 Å². The molecule has 0 aliphatic heterocycles. The summed E-state index contributed by atoms with van der Waals surface area (Å²) in [5, 5.41) is 0. The van der Waals surface area contributed by atoms with E-state index in [1.54, 1.807) is 0 Å². The van der Waals surface area contributed by atoms with Crippen molar-refractivity contribution in [3.05, 3.63) is 0 Å². The van der Waals surface area contributed by atoms with Crippen LogP contribution in [0.3, 0.4) is 0 Å². The average molecular weight is 384 g/mol. The van der Waals surface area contributed by atoms with Crippen molar-refractivity contribution in [2.24, 2.45) is 0 Å². The molecule has 0 aliphatic rings. The van der Waals surface area contributed by atoms with Crippen molar-refractivity contribution in [1.82, 2.24) is 9.80 Å². The minimum Gasteiger partial charge on any atom is -0.286 e. The molecule has 5 heteroatoms. The van der Waals surface area contributed by atoms with Gasteiger partial charge in [-0.3, -0.25) is 9.80 Å². The normalized spacial score (nSPS) is 14.3. The smallest absolute Gasteiger partial charge is 0.286 e. The molecule has 0 saturated carbocycles. The maximum absolute atomic E-state index is 3.59. The van der Waals surface area contributed by atoms with Gasteiger partial charge in [-0.1, -0.05) is 6.92 Å². The Labute approximate surface area is 131 Å². The van der Waals surface area contributed by atoms with E-state index in [9.17, 15) is 0 Å². The average Bonchev–Trinajstić information content (AvgIpc) is 2.14. The molecule has 0 saturated heterocycles. The van der Waals surface area contributed by atoms with Crippen LogP contribution in [0.15, 0.2) is 0 Å². The van der Waals surface area contributed by atoms with Crippen LogP contribution in [0.4, 0.5) is 0 Å². The maximum atomic E-state index is 3.59. The minimum absolute atomic E-state index is 0.396. The van der Waals surface area contributed by atoms with E-state index in [1.807, 2.05) is 0 Å². The number of halogens is 2. The predicted molar refractivity (Wildman–Crippen MR) is 91.8 cm³/mol. The molecule has 0 amide bonds. The van der Waals surface area contributed by atoms with Gasteiger partial charge >= 0.3 is 0 Å². The number of hydrogen-bond donors (Lipinski definition) is 0. The van der Waals surface area contributed by atoms with E-state index in [0.29, 0.717) is 28.5 Å². The second kappa shape index (κ2) is 8.99. The molecule has 0 radical (unpaired) electrons. The molecular formula is C13H29BBr2N2. The Morgan fingerprint density at radius 1 is 0.778 bits per heavy atom. The van der Waals surface area contributed by atoms with Crippen molar-refractivity contribution in [1.29, 1.82) is 0 Å². The topological polar surface area (TPSA) is 6.48 Å². The van der Waals surface area contributed by atoms with Crippen molar-refractivity contribution in [3.63, 3.8) is 0 Å². The van der Waals surface area contributed by atoms with Crippen LogP contribution >= 0.6 is 31.5 Å². The van der Waals surface area contributed by atoms with Gasteiger partial charge < -0.3 is 0 Å². The third-order valence-electron chi connectivity index (χ3n) is 3.40. The lowest BCUT2D eigenvalue weighted by Crippen LogP contribution is -2.50. The van der Waals surface area contributed by atoms with Crippen LogP contribution in [0.25, 0.3) is 0 Å². The molecule has 0 bridgehead atoms. The van der Waals surface area contributed by atoms with Gasteiger partial charge in [0.05, 0.1) is 6.67 Å². The maximum Gasteiger partial charge on any atom is 0.300 e. The number of nitrogens with zero attached hydrogens (tertiary/aromatic N) is 2. The number of rotatable bonds is 8. The first-order chi connectivity index (χ1) is 8.16. The summed E-state index contributed by atoms with van der Waals surface area (Å²) in [6.07, 6.45) is 1.11. The fourth-order valence-electron chi connectivity index (χ4n) is 2.32. The van der Waals surface area contributed by atoms with Crippen LogP contribution in [0, 0.1) is 0 Å². The molecule has 1 unspecified atom stereocenters. The highest BCUT2D eigenvalue weighted by atomic mass is 79.9. The van der Waals surface area contributed by atoms with E-state index >= 15 is 0 Å². The minimum atomic E-state index is 0.396. The quantitative estimate of drug-likeness (QED) is 0.451. The van der Waals surface area contributed by atoms with Crippen LogP contribution < -0.4 is 0 Å². The Bertz CT molecular complexity index is 215. The summed E-state index contributed by atoms with van der Waals surface area (Å²) in [6.45, 7) is 17.0. The lowest BCUT2D eigenvalue weighted by Gasteiger charge is -2.41. The highest BCUT2D eigenvalue weighted by Gasteiger charge is 2.24. The van der Waals surface area contributed by atoms with E-state index in [4.69, 9.17) is 0 Å². The zero-order valence-electron chi connectivity index (χ0n) is 13.0. The van der Waals surface area contributed by atoms with Gasteiger partial charge in [-0.15, -0.1) is 31.5 Å². The Morgan fingerprint density at radius 2 is 1.17 bits per heavy atom. The molecule has 0 aromatic rings. The summed E-state index contributed by atoms with van der Waals surface area (Å²) in [4.78, 5) is 5.13. The summed E-state index contributed by atoms with van der Waals surface area (Å²) >= 11 is 7.19. The molecule has 0 spiro atoms. The highest BCUT2D eigenvalue weighted by Crippen LogP contribution is 2.19. The summed E-state index contributed by atoms with van der Waals surface area (Å²) in [6, 6.07) is 2.30. The van der Waals surface area contributed by atoms with E-state index < -0.39 is 0 Å². The lowest BCUT2D eigenvalue weighted by atomic mass is 9.95. The summed E-state index contributed by atoms with van der Waals surface area (Å²) in [5.74, 6) is 0. The third kappa shape index (κ3) is 6.92. The Balaban J connectivity index is 4.69. The highest BCUT2D eigenvalue weighted by molar-refractivity contribution is 9.49. The van der Waals surface area contributed by atoms with Crippen molar-refractivity contribution in [2.75, 3.05) is 6.67 Å². The van der Waals surface area contributed by atoms with E-state index in [2.05, 4.69) is 89.8 Å². The molecule has 0 rings (SSSR count). The van der Waals surface area contributed by atoms with E-state index in [0.717, 1.165) is 13.0 Å². The summed E-state index contributed by atoms with van der Waals surface area (Å²) in [5.41, 5.74) is 0. The second-order valence-electron chi connectivity index (χ2n) is 5.93. The van der Waals surface area contributed by atoms with Gasteiger partial charge in [0.1, 0.15) is 0 Å².